The first kappa shape index (κ1) is 18.5. The average molecular weight is 418 g/mol. The van der Waals surface area contributed by atoms with Crippen LogP contribution in [0.1, 0.15) is 19.8 Å². The van der Waals surface area contributed by atoms with Crippen molar-refractivity contribution in [2.45, 2.75) is 19.8 Å². The molecule has 0 unspecified atom stereocenters. The van der Waals surface area contributed by atoms with E-state index in [4.69, 9.17) is 0 Å². The molecule has 0 aromatic heterocycles. The van der Waals surface area contributed by atoms with Crippen LogP contribution in [-0.2, 0) is 4.79 Å². The molecule has 6 nitrogen and oxygen atoms in total. The highest BCUT2D eigenvalue weighted by atomic mass is 127. The first-order valence-corrected chi connectivity index (χ1v) is 7.31. The first-order chi connectivity index (χ1) is 10.2. The number of carbonyl (C=O) groups is 1. The van der Waals surface area contributed by atoms with E-state index in [0.717, 1.165) is 25.6 Å². The normalized spacial score (nSPS) is 14.4. The molecule has 1 aromatic rings. The van der Waals surface area contributed by atoms with Crippen LogP contribution in [0.5, 0.6) is 5.75 Å². The first-order valence-electron chi connectivity index (χ1n) is 7.31. The van der Waals surface area contributed by atoms with Gasteiger partial charge in [-0.25, -0.2) is 4.99 Å². The lowest BCUT2D eigenvalue weighted by atomic mass is 10.3. The lowest BCUT2D eigenvalue weighted by Crippen LogP contribution is -2.40. The number of benzene rings is 1. The number of carbonyl (C=O) groups excluding carboxylic acids is 1. The van der Waals surface area contributed by atoms with Crippen LogP contribution in [0.2, 0.25) is 0 Å². The highest BCUT2D eigenvalue weighted by Crippen LogP contribution is 2.13. The number of guanidine groups is 1. The van der Waals surface area contributed by atoms with Gasteiger partial charge >= 0.3 is 0 Å². The summed E-state index contributed by atoms with van der Waals surface area (Å²) in [6.07, 6.45) is 2.34. The third kappa shape index (κ3) is 5.70. The van der Waals surface area contributed by atoms with Gasteiger partial charge < -0.3 is 20.6 Å². The highest BCUT2D eigenvalue weighted by molar-refractivity contribution is 14.0. The SMILES string of the molecule is CCNC(=NCC(=O)Nc1ccc(O)cc1)N1CCCC1.I. The lowest BCUT2D eigenvalue weighted by molar-refractivity contribution is -0.114. The molecule has 0 atom stereocenters. The van der Waals surface area contributed by atoms with Crippen molar-refractivity contribution in [1.82, 2.24) is 10.2 Å². The fourth-order valence-corrected chi connectivity index (χ4v) is 2.25. The molecule has 2 rings (SSSR count). The second kappa shape index (κ2) is 9.50. The molecule has 0 saturated carbocycles. The molecule has 0 aliphatic carbocycles. The molecule has 1 amide bonds. The maximum Gasteiger partial charge on any atom is 0.246 e. The summed E-state index contributed by atoms with van der Waals surface area (Å²) in [5.74, 6) is 0.806. The Morgan fingerprint density at radius 1 is 1.27 bits per heavy atom. The molecule has 122 valence electrons. The van der Waals surface area contributed by atoms with Crippen molar-refractivity contribution < 1.29 is 9.90 Å². The average Bonchev–Trinajstić information content (AvgIpc) is 3.00. The molecule has 1 aliphatic rings. The summed E-state index contributed by atoms with van der Waals surface area (Å²) in [5, 5.41) is 15.2. The number of hydrogen-bond acceptors (Lipinski definition) is 3. The number of amides is 1. The molecular weight excluding hydrogens is 395 g/mol. The van der Waals surface area contributed by atoms with Crippen LogP contribution < -0.4 is 10.6 Å². The summed E-state index contributed by atoms with van der Waals surface area (Å²) in [5.41, 5.74) is 0.652. The largest absolute Gasteiger partial charge is 0.508 e. The molecule has 22 heavy (non-hydrogen) atoms. The van der Waals surface area contributed by atoms with Crippen LogP contribution in [0.15, 0.2) is 29.3 Å². The molecule has 7 heteroatoms. The van der Waals surface area contributed by atoms with E-state index in [0.29, 0.717) is 5.69 Å². The lowest BCUT2D eigenvalue weighted by Gasteiger charge is -2.20. The fraction of sp³-hybridized carbons (Fsp3) is 0.467. The van der Waals surface area contributed by atoms with Gasteiger partial charge in [-0.15, -0.1) is 24.0 Å². The van der Waals surface area contributed by atoms with Crippen molar-refractivity contribution in [2.75, 3.05) is 31.5 Å². The molecule has 0 bridgehead atoms. The van der Waals surface area contributed by atoms with Crippen LogP contribution in [0.3, 0.4) is 0 Å². The fourth-order valence-electron chi connectivity index (χ4n) is 2.25. The predicted octanol–water partition coefficient (Wildman–Crippen LogP) is 2.01. The van der Waals surface area contributed by atoms with Crippen LogP contribution in [0.25, 0.3) is 0 Å². The Morgan fingerprint density at radius 2 is 1.91 bits per heavy atom. The number of nitrogens with zero attached hydrogens (tertiary/aromatic N) is 2. The van der Waals surface area contributed by atoms with Gasteiger partial charge in [0.2, 0.25) is 5.91 Å². The molecule has 1 fully saturated rings. The third-order valence-electron chi connectivity index (χ3n) is 3.26. The summed E-state index contributed by atoms with van der Waals surface area (Å²) >= 11 is 0. The number of hydrogen-bond donors (Lipinski definition) is 3. The number of aliphatic imine (C=N–C) groups is 1. The van der Waals surface area contributed by atoms with Crippen LogP contribution in [0, 0.1) is 0 Å². The summed E-state index contributed by atoms with van der Waals surface area (Å²) in [6, 6.07) is 6.38. The van der Waals surface area contributed by atoms with Crippen molar-refractivity contribution in [3.63, 3.8) is 0 Å². The van der Waals surface area contributed by atoms with Gasteiger partial charge in [0.15, 0.2) is 5.96 Å². The van der Waals surface area contributed by atoms with E-state index in [1.165, 1.54) is 25.0 Å². The Bertz CT molecular complexity index is 499. The van der Waals surface area contributed by atoms with Gasteiger partial charge in [0.25, 0.3) is 0 Å². The van der Waals surface area contributed by atoms with Gasteiger partial charge in [-0.3, -0.25) is 4.79 Å². The summed E-state index contributed by atoms with van der Waals surface area (Å²) < 4.78 is 0. The Hall–Kier alpha value is -1.51. The van der Waals surface area contributed by atoms with Crippen LogP contribution >= 0.6 is 24.0 Å². The number of phenolic OH excluding ortho intramolecular Hbond substituents is 1. The summed E-state index contributed by atoms with van der Waals surface area (Å²) in [6.45, 7) is 4.87. The molecule has 1 saturated heterocycles. The zero-order valence-corrected chi connectivity index (χ0v) is 15.0. The zero-order chi connectivity index (χ0) is 15.1. The van der Waals surface area contributed by atoms with E-state index in [-0.39, 0.29) is 42.2 Å². The molecule has 0 radical (unpaired) electrons. The quantitative estimate of drug-likeness (QED) is 0.303. The van der Waals surface area contributed by atoms with Gasteiger partial charge in [0.1, 0.15) is 12.3 Å². The van der Waals surface area contributed by atoms with E-state index in [9.17, 15) is 9.90 Å². The molecule has 3 N–H and O–H groups in total. The Balaban J connectivity index is 0.00000242. The zero-order valence-electron chi connectivity index (χ0n) is 12.7. The molecule has 1 aromatic carbocycles. The summed E-state index contributed by atoms with van der Waals surface area (Å²) in [4.78, 5) is 18.5. The van der Waals surface area contributed by atoms with Crippen molar-refractivity contribution in [1.29, 1.82) is 0 Å². The predicted molar refractivity (Wildman–Crippen MR) is 98.9 cm³/mol. The van der Waals surface area contributed by atoms with E-state index >= 15 is 0 Å². The van der Waals surface area contributed by atoms with Gasteiger partial charge in [-0.05, 0) is 44.0 Å². The Morgan fingerprint density at radius 3 is 2.50 bits per heavy atom. The number of halogens is 1. The van der Waals surface area contributed by atoms with Gasteiger partial charge in [-0.2, -0.15) is 0 Å². The van der Waals surface area contributed by atoms with Crippen LogP contribution in [0.4, 0.5) is 5.69 Å². The van der Waals surface area contributed by atoms with E-state index in [1.807, 2.05) is 6.92 Å². The Labute approximate surface area is 148 Å². The second-order valence-corrected chi connectivity index (χ2v) is 4.96. The second-order valence-electron chi connectivity index (χ2n) is 4.96. The molecule has 1 heterocycles. The van der Waals surface area contributed by atoms with Crippen molar-refractivity contribution in [3.05, 3.63) is 24.3 Å². The minimum absolute atomic E-state index is 0. The van der Waals surface area contributed by atoms with Crippen molar-refractivity contribution in [2.24, 2.45) is 4.99 Å². The van der Waals surface area contributed by atoms with Gasteiger partial charge in [-0.1, -0.05) is 0 Å². The molecular formula is C15H23IN4O2. The van der Waals surface area contributed by atoms with Crippen molar-refractivity contribution in [3.8, 4) is 5.75 Å². The standard InChI is InChI=1S/C15H22N4O2.HI/c1-2-16-15(19-9-3-4-10-19)17-11-14(21)18-12-5-7-13(20)8-6-12;/h5-8,20H,2-4,9-11H2,1H3,(H,16,17)(H,18,21);1H. The maximum atomic E-state index is 11.9. The summed E-state index contributed by atoms with van der Waals surface area (Å²) in [7, 11) is 0. The highest BCUT2D eigenvalue weighted by Gasteiger charge is 2.15. The van der Waals surface area contributed by atoms with Gasteiger partial charge in [0, 0.05) is 25.3 Å². The van der Waals surface area contributed by atoms with E-state index in [1.54, 1.807) is 12.1 Å². The minimum Gasteiger partial charge on any atom is -0.508 e. The van der Waals surface area contributed by atoms with Crippen LogP contribution in [-0.4, -0.2) is 48.1 Å². The number of nitrogens with one attached hydrogen (secondary N) is 2. The molecule has 1 aliphatic heterocycles. The van der Waals surface area contributed by atoms with Crippen molar-refractivity contribution >= 4 is 41.5 Å². The molecule has 0 spiro atoms. The van der Waals surface area contributed by atoms with E-state index in [2.05, 4.69) is 20.5 Å². The number of anilines is 1. The minimum atomic E-state index is -0.171. The topological polar surface area (TPSA) is 77.0 Å². The number of likely N-dealkylation sites (tertiary alicyclic amines) is 1. The van der Waals surface area contributed by atoms with E-state index < -0.39 is 0 Å². The smallest absolute Gasteiger partial charge is 0.246 e. The number of phenols is 1. The monoisotopic (exact) mass is 418 g/mol. The third-order valence-corrected chi connectivity index (χ3v) is 3.26. The number of aromatic hydroxyl groups is 1. The number of rotatable bonds is 4. The van der Waals surface area contributed by atoms with Gasteiger partial charge in [0.05, 0.1) is 0 Å². The Kier molecular flexibility index (Phi) is 8.00. The maximum absolute atomic E-state index is 11.9.